The molecule has 0 radical (unpaired) electrons. The molecule has 1 amide bonds. The van der Waals surface area contributed by atoms with Crippen LogP contribution in [0.3, 0.4) is 0 Å². The summed E-state index contributed by atoms with van der Waals surface area (Å²) in [6, 6.07) is 10.1. The highest BCUT2D eigenvalue weighted by Crippen LogP contribution is 2.27. The lowest BCUT2D eigenvalue weighted by atomic mass is 10.1. The van der Waals surface area contributed by atoms with Crippen LogP contribution in [0, 0.1) is 12.7 Å². The number of hydrogen-bond donors (Lipinski definition) is 2. The first-order valence-electron chi connectivity index (χ1n) is 7.21. The van der Waals surface area contributed by atoms with Gasteiger partial charge in [-0.3, -0.25) is 4.79 Å². The largest absolute Gasteiger partial charge is 0.332 e. The first-order valence-corrected chi connectivity index (χ1v) is 7.96. The number of rotatable bonds is 5. The third kappa shape index (κ3) is 4.93. The molecule has 2 aromatic carbocycles. The molecule has 0 aromatic heterocycles. The Morgan fingerprint density at radius 3 is 2.70 bits per heavy atom. The number of quaternary nitrogens is 1. The molecule has 0 aliphatic rings. The highest BCUT2D eigenvalue weighted by atomic mass is 35.5. The molecule has 23 heavy (non-hydrogen) atoms. The fourth-order valence-electron chi connectivity index (χ4n) is 2.23. The quantitative estimate of drug-likeness (QED) is 0.789. The number of aryl methyl sites for hydroxylation is 1. The Balaban J connectivity index is 1.95. The van der Waals surface area contributed by atoms with Gasteiger partial charge in [0.1, 0.15) is 11.9 Å². The molecule has 0 aliphatic heterocycles. The van der Waals surface area contributed by atoms with E-state index < -0.39 is 5.82 Å². The molecule has 3 N–H and O–H groups in total. The maximum atomic E-state index is 13.6. The van der Waals surface area contributed by atoms with E-state index in [-0.39, 0.29) is 23.5 Å². The molecule has 0 spiro atoms. The minimum Gasteiger partial charge on any atom is -0.332 e. The van der Waals surface area contributed by atoms with Crippen LogP contribution >= 0.6 is 23.2 Å². The number of amides is 1. The van der Waals surface area contributed by atoms with E-state index in [9.17, 15) is 9.18 Å². The summed E-state index contributed by atoms with van der Waals surface area (Å²) in [5.41, 5.74) is 2.44. The van der Waals surface area contributed by atoms with Gasteiger partial charge in [-0.1, -0.05) is 35.3 Å². The van der Waals surface area contributed by atoms with Gasteiger partial charge >= 0.3 is 0 Å². The molecule has 0 saturated heterocycles. The van der Waals surface area contributed by atoms with Crippen molar-refractivity contribution in [3.8, 4) is 0 Å². The summed E-state index contributed by atoms with van der Waals surface area (Å²) >= 11 is 11.8. The Bertz CT molecular complexity index is 722. The molecule has 0 aliphatic carbocycles. The van der Waals surface area contributed by atoms with Crippen molar-refractivity contribution in [1.29, 1.82) is 0 Å². The van der Waals surface area contributed by atoms with Crippen LogP contribution in [0.25, 0.3) is 0 Å². The van der Waals surface area contributed by atoms with Crippen molar-refractivity contribution >= 4 is 34.8 Å². The van der Waals surface area contributed by atoms with E-state index in [0.717, 1.165) is 11.3 Å². The summed E-state index contributed by atoms with van der Waals surface area (Å²) in [6.07, 6.45) is 0. The second-order valence-corrected chi connectivity index (χ2v) is 6.25. The van der Waals surface area contributed by atoms with Crippen molar-refractivity contribution in [2.45, 2.75) is 19.9 Å². The number of nitrogens with two attached hydrogens (primary N) is 1. The highest BCUT2D eigenvalue weighted by Gasteiger charge is 2.17. The maximum Gasteiger partial charge on any atom is 0.279 e. The fourth-order valence-corrected chi connectivity index (χ4v) is 2.79. The Hall–Kier alpha value is -1.62. The van der Waals surface area contributed by atoms with Gasteiger partial charge in [-0.2, -0.15) is 0 Å². The van der Waals surface area contributed by atoms with Gasteiger partial charge < -0.3 is 10.6 Å². The van der Waals surface area contributed by atoms with Crippen molar-refractivity contribution < 1.29 is 14.5 Å². The van der Waals surface area contributed by atoms with Crippen molar-refractivity contribution in [2.75, 3.05) is 11.9 Å². The van der Waals surface area contributed by atoms with E-state index >= 15 is 0 Å². The van der Waals surface area contributed by atoms with Gasteiger partial charge in [0.15, 0.2) is 6.54 Å². The molecule has 2 rings (SSSR count). The predicted octanol–water partition coefficient (Wildman–Crippen LogP) is 3.70. The van der Waals surface area contributed by atoms with E-state index in [2.05, 4.69) is 5.32 Å². The summed E-state index contributed by atoms with van der Waals surface area (Å²) in [5.74, 6) is -0.650. The SMILES string of the molecule is Cc1cccc(NC(=O)C[NH2+][C@H](C)c2cc(F)c(Cl)cc2Cl)c1. The zero-order valence-corrected chi connectivity index (χ0v) is 14.4. The van der Waals surface area contributed by atoms with Crippen LogP contribution in [-0.4, -0.2) is 12.5 Å². The minimum absolute atomic E-state index is 0.0110. The van der Waals surface area contributed by atoms with Gasteiger partial charge in [-0.05, 0) is 43.7 Å². The topological polar surface area (TPSA) is 45.7 Å². The van der Waals surface area contributed by atoms with Crippen molar-refractivity contribution in [3.05, 3.63) is 63.4 Å². The summed E-state index contributed by atoms with van der Waals surface area (Å²) in [5, 5.41) is 4.99. The van der Waals surface area contributed by atoms with E-state index in [4.69, 9.17) is 23.2 Å². The fraction of sp³-hybridized carbons (Fsp3) is 0.235. The Kier molecular flexibility index (Phi) is 5.99. The lowest BCUT2D eigenvalue weighted by Gasteiger charge is -2.13. The maximum absolute atomic E-state index is 13.6. The lowest BCUT2D eigenvalue weighted by Crippen LogP contribution is -2.86. The van der Waals surface area contributed by atoms with Gasteiger partial charge in [0.2, 0.25) is 0 Å². The molecular weight excluding hydrogens is 338 g/mol. The normalized spacial score (nSPS) is 12.0. The number of anilines is 1. The Morgan fingerprint density at radius 2 is 2.00 bits per heavy atom. The zero-order valence-electron chi connectivity index (χ0n) is 12.9. The third-order valence-corrected chi connectivity index (χ3v) is 4.11. The van der Waals surface area contributed by atoms with Crippen LogP contribution in [-0.2, 0) is 4.79 Å². The molecular formula is C17H18Cl2FN2O+. The molecule has 2 aromatic rings. The second kappa shape index (κ2) is 7.77. The second-order valence-electron chi connectivity index (χ2n) is 5.43. The smallest absolute Gasteiger partial charge is 0.279 e. The Labute approximate surface area is 144 Å². The number of benzene rings is 2. The number of carbonyl (C=O) groups is 1. The first kappa shape index (κ1) is 17.7. The van der Waals surface area contributed by atoms with E-state index in [1.807, 2.05) is 38.1 Å². The third-order valence-electron chi connectivity index (χ3n) is 3.49. The number of halogens is 3. The molecule has 0 heterocycles. The monoisotopic (exact) mass is 355 g/mol. The molecule has 3 nitrogen and oxygen atoms in total. The minimum atomic E-state index is -0.518. The van der Waals surface area contributed by atoms with Gasteiger partial charge in [0, 0.05) is 11.3 Å². The van der Waals surface area contributed by atoms with Gasteiger partial charge in [0.25, 0.3) is 5.91 Å². The van der Waals surface area contributed by atoms with E-state index in [1.54, 1.807) is 5.32 Å². The summed E-state index contributed by atoms with van der Waals surface area (Å²) in [6.45, 7) is 4.02. The molecule has 0 unspecified atom stereocenters. The van der Waals surface area contributed by atoms with Crippen molar-refractivity contribution in [3.63, 3.8) is 0 Å². The van der Waals surface area contributed by atoms with Gasteiger partial charge in [-0.15, -0.1) is 0 Å². The van der Waals surface area contributed by atoms with Crippen LogP contribution in [0.1, 0.15) is 24.1 Å². The first-order chi connectivity index (χ1) is 10.9. The average molecular weight is 356 g/mol. The number of carbonyl (C=O) groups excluding carboxylic acids is 1. The van der Waals surface area contributed by atoms with E-state index in [0.29, 0.717) is 10.6 Å². The zero-order chi connectivity index (χ0) is 17.0. The summed E-state index contributed by atoms with van der Waals surface area (Å²) in [4.78, 5) is 12.0. The highest BCUT2D eigenvalue weighted by molar-refractivity contribution is 6.35. The van der Waals surface area contributed by atoms with Crippen molar-refractivity contribution in [1.82, 2.24) is 0 Å². The molecule has 122 valence electrons. The predicted molar refractivity (Wildman–Crippen MR) is 91.4 cm³/mol. The number of nitrogens with one attached hydrogen (secondary N) is 1. The van der Waals surface area contributed by atoms with Gasteiger partial charge in [-0.25, -0.2) is 4.39 Å². The van der Waals surface area contributed by atoms with Crippen LogP contribution in [0.15, 0.2) is 36.4 Å². The summed E-state index contributed by atoms with van der Waals surface area (Å²) < 4.78 is 13.6. The Morgan fingerprint density at radius 1 is 1.26 bits per heavy atom. The van der Waals surface area contributed by atoms with Crippen LogP contribution in [0.4, 0.5) is 10.1 Å². The van der Waals surface area contributed by atoms with E-state index in [1.165, 1.54) is 12.1 Å². The number of hydrogen-bond acceptors (Lipinski definition) is 1. The van der Waals surface area contributed by atoms with Crippen molar-refractivity contribution in [2.24, 2.45) is 0 Å². The lowest BCUT2D eigenvalue weighted by molar-refractivity contribution is -0.682. The molecule has 0 bridgehead atoms. The summed E-state index contributed by atoms with van der Waals surface area (Å²) in [7, 11) is 0. The van der Waals surface area contributed by atoms with Crippen LogP contribution < -0.4 is 10.6 Å². The van der Waals surface area contributed by atoms with Crippen LogP contribution in [0.2, 0.25) is 10.0 Å². The average Bonchev–Trinajstić information content (AvgIpc) is 2.48. The molecule has 0 saturated carbocycles. The standard InChI is InChI=1S/C17H17Cl2FN2O/c1-10-4-3-5-12(6-10)22-17(23)9-21-11(2)13-7-16(20)15(19)8-14(13)18/h3-8,11,21H,9H2,1-2H3,(H,22,23)/p+1/t11-/m1/s1. The molecule has 6 heteroatoms. The van der Waals surface area contributed by atoms with Gasteiger partial charge in [0.05, 0.1) is 10.0 Å². The van der Waals surface area contributed by atoms with Crippen LogP contribution in [0.5, 0.6) is 0 Å². The molecule has 0 fully saturated rings. The molecule has 1 atom stereocenters.